The zero-order valence-electron chi connectivity index (χ0n) is 15.6. The second-order valence-electron chi connectivity index (χ2n) is 6.49. The van der Waals surface area contributed by atoms with Gasteiger partial charge in [-0.3, -0.25) is 9.59 Å². The highest BCUT2D eigenvalue weighted by Crippen LogP contribution is 2.18. The summed E-state index contributed by atoms with van der Waals surface area (Å²) in [5.74, 6) is 0.783. The number of rotatable bonds is 8. The van der Waals surface area contributed by atoms with E-state index in [-0.39, 0.29) is 24.9 Å². The summed E-state index contributed by atoms with van der Waals surface area (Å²) in [6.07, 6.45) is 0.204. The van der Waals surface area contributed by atoms with Crippen LogP contribution in [0.3, 0.4) is 0 Å². The fourth-order valence-corrected chi connectivity index (χ4v) is 2.57. The van der Waals surface area contributed by atoms with E-state index in [0.717, 1.165) is 22.6 Å². The number of nitrogens with zero attached hydrogens (tertiary/aromatic N) is 2. The number of aromatic nitrogens is 1. The highest BCUT2D eigenvalue weighted by Gasteiger charge is 2.19. The maximum absolute atomic E-state index is 12.4. The maximum atomic E-state index is 12.4. The third kappa shape index (κ3) is 5.08. The summed E-state index contributed by atoms with van der Waals surface area (Å²) in [4.78, 5) is 25.0. The Morgan fingerprint density at radius 3 is 2.38 bits per heavy atom. The summed E-state index contributed by atoms with van der Waals surface area (Å²) >= 11 is 0. The first-order valence-electron chi connectivity index (χ1n) is 8.49. The van der Waals surface area contributed by atoms with Crippen LogP contribution in [0.15, 0.2) is 28.8 Å². The van der Waals surface area contributed by atoms with Crippen molar-refractivity contribution in [1.82, 2.24) is 10.1 Å². The average Bonchev–Trinajstić information content (AvgIpc) is 2.90. The summed E-state index contributed by atoms with van der Waals surface area (Å²) in [7, 11) is 0. The van der Waals surface area contributed by atoms with Gasteiger partial charge in [-0.25, -0.2) is 0 Å². The van der Waals surface area contributed by atoms with Crippen LogP contribution in [0.2, 0.25) is 0 Å². The monoisotopic (exact) mass is 359 g/mol. The fourth-order valence-electron chi connectivity index (χ4n) is 2.57. The Morgan fingerprint density at radius 1 is 1.23 bits per heavy atom. The largest absolute Gasteiger partial charge is 0.489 e. The Balaban J connectivity index is 1.96. The maximum Gasteiger partial charge on any atom is 0.237 e. The number of nitrogens with two attached hydrogens (primary N) is 1. The minimum atomic E-state index is -0.518. The lowest BCUT2D eigenvalue weighted by molar-refractivity contribution is -0.136. The van der Waals surface area contributed by atoms with E-state index in [1.807, 2.05) is 52.0 Å². The Labute approximate surface area is 153 Å². The molecule has 1 aromatic carbocycles. The molecule has 0 saturated carbocycles. The zero-order valence-corrected chi connectivity index (χ0v) is 15.6. The average molecular weight is 359 g/mol. The number of carbonyl (C=O) groups is 2. The SMILES string of the molecule is Cc1noc(C)c1COc1ccc(CC(=O)N(CC(N)=O)C(C)C)cc1. The van der Waals surface area contributed by atoms with Crippen LogP contribution >= 0.6 is 0 Å². The van der Waals surface area contributed by atoms with E-state index in [1.54, 1.807) is 0 Å². The van der Waals surface area contributed by atoms with Crippen molar-refractivity contribution < 1.29 is 18.8 Å². The normalized spacial score (nSPS) is 10.8. The topological polar surface area (TPSA) is 98.7 Å². The third-order valence-electron chi connectivity index (χ3n) is 4.11. The summed E-state index contributed by atoms with van der Waals surface area (Å²) in [6.45, 7) is 7.73. The van der Waals surface area contributed by atoms with Crippen LogP contribution in [-0.2, 0) is 22.6 Å². The van der Waals surface area contributed by atoms with Crippen molar-refractivity contribution in [3.05, 3.63) is 46.8 Å². The minimum Gasteiger partial charge on any atom is -0.489 e. The van der Waals surface area contributed by atoms with Gasteiger partial charge in [0.25, 0.3) is 0 Å². The summed E-state index contributed by atoms with van der Waals surface area (Å²) in [5, 5.41) is 3.90. The Bertz CT molecular complexity index is 746. The Morgan fingerprint density at radius 2 is 1.88 bits per heavy atom. The number of aryl methyl sites for hydroxylation is 2. The number of ether oxygens (including phenoxy) is 1. The smallest absolute Gasteiger partial charge is 0.237 e. The van der Waals surface area contributed by atoms with Gasteiger partial charge in [-0.2, -0.15) is 0 Å². The van der Waals surface area contributed by atoms with Crippen molar-refractivity contribution >= 4 is 11.8 Å². The van der Waals surface area contributed by atoms with E-state index in [0.29, 0.717) is 12.4 Å². The predicted octanol–water partition coefficient (Wildman–Crippen LogP) is 2.14. The lowest BCUT2D eigenvalue weighted by Gasteiger charge is -2.25. The van der Waals surface area contributed by atoms with Crippen molar-refractivity contribution in [2.75, 3.05) is 6.54 Å². The van der Waals surface area contributed by atoms with Crippen LogP contribution < -0.4 is 10.5 Å². The molecule has 0 unspecified atom stereocenters. The molecule has 0 saturated heterocycles. The summed E-state index contributed by atoms with van der Waals surface area (Å²) in [6, 6.07) is 7.21. The van der Waals surface area contributed by atoms with Crippen LogP contribution in [0.1, 0.15) is 36.4 Å². The number of amides is 2. The third-order valence-corrected chi connectivity index (χ3v) is 4.11. The second-order valence-corrected chi connectivity index (χ2v) is 6.49. The van der Waals surface area contributed by atoms with Crippen molar-refractivity contribution in [2.24, 2.45) is 5.73 Å². The molecule has 0 aliphatic carbocycles. The van der Waals surface area contributed by atoms with Crippen LogP contribution in [-0.4, -0.2) is 34.5 Å². The van der Waals surface area contributed by atoms with Crippen molar-refractivity contribution in [1.29, 1.82) is 0 Å². The van der Waals surface area contributed by atoms with Crippen LogP contribution in [0.25, 0.3) is 0 Å². The van der Waals surface area contributed by atoms with Gasteiger partial charge in [0.15, 0.2) is 0 Å². The molecule has 2 amide bonds. The number of carbonyl (C=O) groups excluding carboxylic acids is 2. The molecule has 0 bridgehead atoms. The van der Waals surface area contributed by atoms with Crippen LogP contribution in [0, 0.1) is 13.8 Å². The van der Waals surface area contributed by atoms with E-state index in [9.17, 15) is 9.59 Å². The van der Waals surface area contributed by atoms with E-state index in [4.69, 9.17) is 15.0 Å². The van der Waals surface area contributed by atoms with Crippen LogP contribution in [0.5, 0.6) is 5.75 Å². The quantitative estimate of drug-likeness (QED) is 0.778. The van der Waals surface area contributed by atoms with Gasteiger partial charge in [-0.1, -0.05) is 17.3 Å². The number of primary amides is 1. The zero-order chi connectivity index (χ0) is 19.3. The molecule has 0 radical (unpaired) electrons. The molecule has 2 N–H and O–H groups in total. The first kappa shape index (κ1) is 19.5. The second kappa shape index (κ2) is 8.51. The molecule has 0 spiro atoms. The van der Waals surface area contributed by atoms with E-state index in [2.05, 4.69) is 5.16 Å². The number of benzene rings is 1. The van der Waals surface area contributed by atoms with E-state index >= 15 is 0 Å². The molecule has 1 aromatic heterocycles. The molecule has 26 heavy (non-hydrogen) atoms. The predicted molar refractivity (Wildman–Crippen MR) is 96.5 cm³/mol. The molecule has 2 rings (SSSR count). The molecule has 0 aliphatic rings. The first-order valence-corrected chi connectivity index (χ1v) is 8.49. The van der Waals surface area contributed by atoms with Crippen molar-refractivity contribution in [2.45, 2.75) is 46.8 Å². The van der Waals surface area contributed by atoms with Gasteiger partial charge in [0.2, 0.25) is 11.8 Å². The van der Waals surface area contributed by atoms with Gasteiger partial charge in [-0.15, -0.1) is 0 Å². The highest BCUT2D eigenvalue weighted by molar-refractivity contribution is 5.85. The molecule has 2 aromatic rings. The van der Waals surface area contributed by atoms with Crippen molar-refractivity contribution in [3.8, 4) is 5.75 Å². The van der Waals surface area contributed by atoms with Crippen molar-refractivity contribution in [3.63, 3.8) is 0 Å². The number of hydrogen-bond acceptors (Lipinski definition) is 5. The molecule has 140 valence electrons. The van der Waals surface area contributed by atoms with Gasteiger partial charge < -0.3 is 19.9 Å². The van der Waals surface area contributed by atoms with E-state index < -0.39 is 5.91 Å². The fraction of sp³-hybridized carbons (Fsp3) is 0.421. The molecular formula is C19H25N3O4. The molecule has 1 heterocycles. The lowest BCUT2D eigenvalue weighted by Crippen LogP contribution is -2.43. The highest BCUT2D eigenvalue weighted by atomic mass is 16.5. The molecule has 0 fully saturated rings. The molecular weight excluding hydrogens is 334 g/mol. The molecule has 7 nitrogen and oxygen atoms in total. The standard InChI is InChI=1S/C19H25N3O4/c1-12(2)22(10-18(20)23)19(24)9-15-5-7-16(8-6-15)25-11-17-13(3)21-26-14(17)4/h5-8,12H,9-11H2,1-4H3,(H2,20,23). The number of hydrogen-bond donors (Lipinski definition) is 1. The first-order chi connectivity index (χ1) is 12.3. The van der Waals surface area contributed by atoms with Gasteiger partial charge in [0, 0.05) is 6.04 Å². The Hall–Kier alpha value is -2.83. The van der Waals surface area contributed by atoms with Gasteiger partial charge in [0.1, 0.15) is 18.1 Å². The minimum absolute atomic E-state index is 0.0743. The Kier molecular flexibility index (Phi) is 6.38. The van der Waals surface area contributed by atoms with Crippen LogP contribution in [0.4, 0.5) is 0 Å². The van der Waals surface area contributed by atoms with Gasteiger partial charge in [0.05, 0.1) is 24.2 Å². The van der Waals surface area contributed by atoms with E-state index in [1.165, 1.54) is 4.90 Å². The molecule has 7 heteroatoms. The molecule has 0 aliphatic heterocycles. The summed E-state index contributed by atoms with van der Waals surface area (Å²) < 4.78 is 10.9. The van der Waals surface area contributed by atoms with Gasteiger partial charge in [-0.05, 0) is 45.4 Å². The molecule has 0 atom stereocenters. The van der Waals surface area contributed by atoms with Gasteiger partial charge >= 0.3 is 0 Å². The lowest BCUT2D eigenvalue weighted by atomic mass is 10.1. The summed E-state index contributed by atoms with van der Waals surface area (Å²) in [5.41, 5.74) is 7.81.